The molecule has 174 valence electrons. The molecule has 0 fully saturated rings. The summed E-state index contributed by atoms with van der Waals surface area (Å²) in [6, 6.07) is 31.8. The molecule has 1 heterocycles. The fraction of sp³-hybridized carbons (Fsp3) is 0.133. The second-order valence-electron chi connectivity index (χ2n) is 8.55. The van der Waals surface area contributed by atoms with Crippen molar-refractivity contribution in [1.29, 1.82) is 0 Å². The molecule has 4 aromatic carbocycles. The number of benzene rings is 4. The van der Waals surface area contributed by atoms with E-state index >= 15 is 0 Å². The standard InChI is InChI=1S/C30H26N2O3/c1-21-12-13-22(2)28(18-21)34-20-29(33)35-25-16-14-24(15-17-25)30-31-26-10-6-7-11-27(26)32(30)19-23-8-4-3-5-9-23/h3-18H,19-20H2,1-2H3. The molecule has 0 saturated carbocycles. The number of ether oxygens (including phenoxy) is 2. The highest BCUT2D eigenvalue weighted by molar-refractivity contribution is 5.81. The summed E-state index contributed by atoms with van der Waals surface area (Å²) in [5.74, 6) is 1.57. The minimum atomic E-state index is -0.449. The Morgan fingerprint density at radius 2 is 1.60 bits per heavy atom. The summed E-state index contributed by atoms with van der Waals surface area (Å²) in [4.78, 5) is 17.2. The molecule has 0 amide bonds. The Morgan fingerprint density at radius 1 is 0.857 bits per heavy atom. The van der Waals surface area contributed by atoms with E-state index in [2.05, 4.69) is 22.8 Å². The third kappa shape index (κ3) is 5.09. The van der Waals surface area contributed by atoms with Crippen molar-refractivity contribution in [3.05, 3.63) is 114 Å². The van der Waals surface area contributed by atoms with Gasteiger partial charge in [0.15, 0.2) is 6.61 Å². The number of hydrogen-bond donors (Lipinski definition) is 0. The van der Waals surface area contributed by atoms with Crippen molar-refractivity contribution >= 4 is 17.0 Å². The van der Waals surface area contributed by atoms with E-state index in [-0.39, 0.29) is 6.61 Å². The number of carbonyl (C=O) groups excluding carboxylic acids is 1. The average molecular weight is 463 g/mol. The minimum absolute atomic E-state index is 0.154. The van der Waals surface area contributed by atoms with Gasteiger partial charge < -0.3 is 14.0 Å². The molecule has 5 rings (SSSR count). The highest BCUT2D eigenvalue weighted by atomic mass is 16.6. The molecule has 0 saturated heterocycles. The van der Waals surface area contributed by atoms with E-state index in [4.69, 9.17) is 14.5 Å². The van der Waals surface area contributed by atoms with E-state index in [1.54, 1.807) is 12.1 Å². The molecular formula is C30H26N2O3. The van der Waals surface area contributed by atoms with Gasteiger partial charge in [0, 0.05) is 12.1 Å². The van der Waals surface area contributed by atoms with Crippen LogP contribution in [0.15, 0.2) is 97.1 Å². The molecule has 0 aliphatic rings. The van der Waals surface area contributed by atoms with Crippen LogP contribution in [0.3, 0.4) is 0 Å². The summed E-state index contributed by atoms with van der Waals surface area (Å²) in [7, 11) is 0. The van der Waals surface area contributed by atoms with Crippen LogP contribution in [0.25, 0.3) is 22.4 Å². The van der Waals surface area contributed by atoms with Crippen LogP contribution in [-0.4, -0.2) is 22.1 Å². The summed E-state index contributed by atoms with van der Waals surface area (Å²) >= 11 is 0. The van der Waals surface area contributed by atoms with Crippen molar-refractivity contribution in [2.45, 2.75) is 20.4 Å². The molecule has 5 heteroatoms. The van der Waals surface area contributed by atoms with Crippen LogP contribution >= 0.6 is 0 Å². The highest BCUT2D eigenvalue weighted by Gasteiger charge is 2.14. The van der Waals surface area contributed by atoms with Crippen molar-refractivity contribution in [2.75, 3.05) is 6.61 Å². The van der Waals surface area contributed by atoms with Crippen LogP contribution in [0.4, 0.5) is 0 Å². The second kappa shape index (κ2) is 9.85. The summed E-state index contributed by atoms with van der Waals surface area (Å²) in [5, 5.41) is 0. The largest absolute Gasteiger partial charge is 0.482 e. The van der Waals surface area contributed by atoms with E-state index in [1.165, 1.54) is 5.56 Å². The maximum atomic E-state index is 12.3. The van der Waals surface area contributed by atoms with E-state index in [1.807, 2.05) is 80.6 Å². The monoisotopic (exact) mass is 462 g/mol. The Kier molecular flexibility index (Phi) is 6.31. The molecule has 0 spiro atoms. The summed E-state index contributed by atoms with van der Waals surface area (Å²) in [6.07, 6.45) is 0. The fourth-order valence-corrected chi connectivity index (χ4v) is 4.05. The maximum absolute atomic E-state index is 12.3. The Labute approximate surface area is 204 Å². The number of para-hydroxylation sites is 2. The zero-order valence-electron chi connectivity index (χ0n) is 19.8. The smallest absolute Gasteiger partial charge is 0.349 e. The SMILES string of the molecule is Cc1ccc(C)c(OCC(=O)Oc2ccc(-c3nc4ccccc4n3Cc3ccccc3)cc2)c1. The van der Waals surface area contributed by atoms with Gasteiger partial charge in [-0.25, -0.2) is 9.78 Å². The number of aromatic nitrogens is 2. The van der Waals surface area contributed by atoms with Gasteiger partial charge in [-0.1, -0.05) is 54.6 Å². The lowest BCUT2D eigenvalue weighted by atomic mass is 10.1. The van der Waals surface area contributed by atoms with Gasteiger partial charge in [-0.3, -0.25) is 0 Å². The molecule has 5 aromatic rings. The molecule has 1 aromatic heterocycles. The van der Waals surface area contributed by atoms with Crippen LogP contribution in [0.1, 0.15) is 16.7 Å². The second-order valence-corrected chi connectivity index (χ2v) is 8.55. The molecule has 0 unspecified atom stereocenters. The van der Waals surface area contributed by atoms with E-state index in [0.717, 1.165) is 33.5 Å². The Balaban J connectivity index is 1.33. The lowest BCUT2D eigenvalue weighted by Crippen LogP contribution is -2.18. The zero-order chi connectivity index (χ0) is 24.2. The molecule has 35 heavy (non-hydrogen) atoms. The third-order valence-corrected chi connectivity index (χ3v) is 5.87. The van der Waals surface area contributed by atoms with Gasteiger partial charge in [-0.05, 0) is 73.0 Å². The van der Waals surface area contributed by atoms with Gasteiger partial charge in [0.05, 0.1) is 11.0 Å². The first kappa shape index (κ1) is 22.4. The van der Waals surface area contributed by atoms with Crippen molar-refractivity contribution in [2.24, 2.45) is 0 Å². The van der Waals surface area contributed by atoms with Crippen LogP contribution < -0.4 is 9.47 Å². The summed E-state index contributed by atoms with van der Waals surface area (Å²) < 4.78 is 13.4. The van der Waals surface area contributed by atoms with Crippen LogP contribution in [0, 0.1) is 13.8 Å². The van der Waals surface area contributed by atoms with Crippen LogP contribution in [-0.2, 0) is 11.3 Å². The number of aryl methyl sites for hydroxylation is 2. The number of hydrogen-bond acceptors (Lipinski definition) is 4. The number of rotatable bonds is 7. The lowest BCUT2D eigenvalue weighted by molar-refractivity contribution is -0.136. The van der Waals surface area contributed by atoms with Crippen LogP contribution in [0.2, 0.25) is 0 Å². The Bertz CT molecular complexity index is 1470. The van der Waals surface area contributed by atoms with Gasteiger partial charge in [-0.15, -0.1) is 0 Å². The quantitative estimate of drug-likeness (QED) is 0.209. The fourth-order valence-electron chi connectivity index (χ4n) is 4.05. The lowest BCUT2D eigenvalue weighted by Gasteiger charge is -2.11. The predicted octanol–water partition coefficient (Wildman–Crippen LogP) is 6.35. The van der Waals surface area contributed by atoms with Crippen molar-refractivity contribution in [1.82, 2.24) is 9.55 Å². The zero-order valence-corrected chi connectivity index (χ0v) is 19.8. The van der Waals surface area contributed by atoms with Gasteiger partial charge >= 0.3 is 5.97 Å². The topological polar surface area (TPSA) is 53.4 Å². The van der Waals surface area contributed by atoms with Gasteiger partial charge in [0.1, 0.15) is 17.3 Å². The molecule has 0 N–H and O–H groups in total. The van der Waals surface area contributed by atoms with Crippen molar-refractivity contribution < 1.29 is 14.3 Å². The number of esters is 1. The first-order valence-electron chi connectivity index (χ1n) is 11.6. The van der Waals surface area contributed by atoms with Crippen molar-refractivity contribution in [3.8, 4) is 22.9 Å². The minimum Gasteiger partial charge on any atom is -0.482 e. The highest BCUT2D eigenvalue weighted by Crippen LogP contribution is 2.27. The number of nitrogens with zero attached hydrogens (tertiary/aromatic N) is 2. The van der Waals surface area contributed by atoms with E-state index in [9.17, 15) is 4.79 Å². The molecule has 0 atom stereocenters. The van der Waals surface area contributed by atoms with E-state index in [0.29, 0.717) is 18.0 Å². The predicted molar refractivity (Wildman–Crippen MR) is 138 cm³/mol. The Morgan fingerprint density at radius 3 is 2.40 bits per heavy atom. The molecule has 0 radical (unpaired) electrons. The first-order chi connectivity index (χ1) is 17.1. The molecule has 0 aliphatic carbocycles. The normalized spacial score (nSPS) is 10.9. The van der Waals surface area contributed by atoms with Gasteiger partial charge in [0.25, 0.3) is 0 Å². The molecule has 0 aliphatic heterocycles. The summed E-state index contributed by atoms with van der Waals surface area (Å²) in [6.45, 7) is 4.49. The first-order valence-corrected chi connectivity index (χ1v) is 11.6. The van der Waals surface area contributed by atoms with Gasteiger partial charge in [0.2, 0.25) is 0 Å². The summed E-state index contributed by atoms with van der Waals surface area (Å²) in [5.41, 5.74) is 6.22. The van der Waals surface area contributed by atoms with Gasteiger partial charge in [-0.2, -0.15) is 0 Å². The average Bonchev–Trinajstić information content (AvgIpc) is 3.24. The number of fused-ring (bicyclic) bond motifs is 1. The number of carbonyl (C=O) groups is 1. The molecule has 5 nitrogen and oxygen atoms in total. The van der Waals surface area contributed by atoms with E-state index < -0.39 is 5.97 Å². The van der Waals surface area contributed by atoms with Crippen LogP contribution in [0.5, 0.6) is 11.5 Å². The molecule has 0 bridgehead atoms. The Hall–Kier alpha value is -4.38. The van der Waals surface area contributed by atoms with Crippen molar-refractivity contribution in [3.63, 3.8) is 0 Å². The number of imidazole rings is 1. The molecular weight excluding hydrogens is 436 g/mol. The maximum Gasteiger partial charge on any atom is 0.349 e. The third-order valence-electron chi connectivity index (χ3n) is 5.87.